The maximum Gasteiger partial charge on any atom is 0.145 e. The lowest BCUT2D eigenvalue weighted by Gasteiger charge is -2.01. The highest BCUT2D eigenvalue weighted by Gasteiger charge is 1.96. The van der Waals surface area contributed by atoms with Crippen molar-refractivity contribution in [2.45, 2.75) is 17.9 Å². The zero-order valence-corrected chi connectivity index (χ0v) is 9.73. The third-order valence-electron chi connectivity index (χ3n) is 2.11. The van der Waals surface area contributed by atoms with Gasteiger partial charge in [0.1, 0.15) is 5.82 Å². The second kappa shape index (κ2) is 5.55. The SMILES string of the molecule is Nc1ccn(CCCSc2ccncc2)n1. The van der Waals surface area contributed by atoms with E-state index in [4.69, 9.17) is 5.73 Å². The lowest BCUT2D eigenvalue weighted by molar-refractivity contribution is 0.608. The lowest BCUT2D eigenvalue weighted by atomic mass is 10.5. The maximum absolute atomic E-state index is 5.53. The molecular weight excluding hydrogens is 220 g/mol. The molecule has 4 nitrogen and oxygen atoms in total. The number of aromatic nitrogens is 3. The summed E-state index contributed by atoms with van der Waals surface area (Å²) in [5.74, 6) is 1.66. The van der Waals surface area contributed by atoms with E-state index in [1.165, 1.54) is 4.90 Å². The smallest absolute Gasteiger partial charge is 0.145 e. The molecule has 2 heterocycles. The number of anilines is 1. The molecule has 0 spiro atoms. The van der Waals surface area contributed by atoms with E-state index in [0.717, 1.165) is 18.7 Å². The average molecular weight is 234 g/mol. The number of thioether (sulfide) groups is 1. The van der Waals surface area contributed by atoms with Gasteiger partial charge in [-0.25, -0.2) is 0 Å². The first-order valence-corrected chi connectivity index (χ1v) is 6.15. The quantitative estimate of drug-likeness (QED) is 0.635. The molecule has 0 bridgehead atoms. The Balaban J connectivity index is 1.69. The fourth-order valence-corrected chi connectivity index (χ4v) is 2.18. The van der Waals surface area contributed by atoms with Crippen LogP contribution in [0.1, 0.15) is 6.42 Å². The molecule has 0 aromatic carbocycles. The Labute approximate surface area is 98.9 Å². The number of nitrogens with two attached hydrogens (primary N) is 1. The predicted octanol–water partition coefficient (Wildman–Crippen LogP) is 2.04. The summed E-state index contributed by atoms with van der Waals surface area (Å²) in [6.07, 6.45) is 6.62. The number of aryl methyl sites for hydroxylation is 1. The fraction of sp³-hybridized carbons (Fsp3) is 0.273. The van der Waals surface area contributed by atoms with Gasteiger partial charge in [-0.2, -0.15) is 5.10 Å². The van der Waals surface area contributed by atoms with Crippen molar-refractivity contribution in [2.24, 2.45) is 0 Å². The Hall–Kier alpha value is -1.49. The third-order valence-corrected chi connectivity index (χ3v) is 3.21. The minimum Gasteiger partial charge on any atom is -0.382 e. The molecule has 0 unspecified atom stereocenters. The van der Waals surface area contributed by atoms with Crippen LogP contribution in [0.2, 0.25) is 0 Å². The summed E-state index contributed by atoms with van der Waals surface area (Å²) in [4.78, 5) is 5.24. The highest BCUT2D eigenvalue weighted by Crippen LogP contribution is 2.17. The number of nitrogen functional groups attached to an aromatic ring is 1. The molecule has 0 fully saturated rings. The number of hydrogen-bond donors (Lipinski definition) is 1. The van der Waals surface area contributed by atoms with Crippen LogP contribution >= 0.6 is 11.8 Å². The summed E-state index contributed by atoms with van der Waals surface area (Å²) < 4.78 is 1.88. The molecule has 84 valence electrons. The molecule has 0 amide bonds. The normalized spacial score (nSPS) is 10.5. The van der Waals surface area contributed by atoms with Crippen molar-refractivity contribution in [3.05, 3.63) is 36.8 Å². The van der Waals surface area contributed by atoms with E-state index < -0.39 is 0 Å². The van der Waals surface area contributed by atoms with E-state index in [1.807, 2.05) is 53.2 Å². The van der Waals surface area contributed by atoms with Crippen LogP contribution < -0.4 is 5.73 Å². The van der Waals surface area contributed by atoms with Gasteiger partial charge in [0.25, 0.3) is 0 Å². The summed E-state index contributed by atoms with van der Waals surface area (Å²) in [5.41, 5.74) is 5.53. The average Bonchev–Trinajstić information content (AvgIpc) is 2.72. The highest BCUT2D eigenvalue weighted by atomic mass is 32.2. The van der Waals surface area contributed by atoms with Gasteiger partial charge in [0, 0.05) is 30.0 Å². The molecule has 0 aliphatic heterocycles. The fourth-order valence-electron chi connectivity index (χ4n) is 1.35. The molecule has 2 rings (SSSR count). The molecule has 0 atom stereocenters. The zero-order chi connectivity index (χ0) is 11.2. The molecule has 16 heavy (non-hydrogen) atoms. The number of hydrogen-bond acceptors (Lipinski definition) is 4. The first kappa shape index (κ1) is 11.0. The van der Waals surface area contributed by atoms with Gasteiger partial charge < -0.3 is 5.73 Å². The maximum atomic E-state index is 5.53. The molecule has 0 saturated carbocycles. The lowest BCUT2D eigenvalue weighted by Crippen LogP contribution is -2.00. The summed E-state index contributed by atoms with van der Waals surface area (Å²) in [6, 6.07) is 5.86. The monoisotopic (exact) mass is 234 g/mol. The van der Waals surface area contributed by atoms with Gasteiger partial charge in [-0.3, -0.25) is 9.67 Å². The predicted molar refractivity (Wildman–Crippen MR) is 66.2 cm³/mol. The van der Waals surface area contributed by atoms with Gasteiger partial charge in [0.05, 0.1) is 0 Å². The van der Waals surface area contributed by atoms with E-state index in [1.54, 1.807) is 0 Å². The molecule has 0 radical (unpaired) electrons. The van der Waals surface area contributed by atoms with Crippen molar-refractivity contribution in [1.29, 1.82) is 0 Å². The van der Waals surface area contributed by atoms with Crippen molar-refractivity contribution >= 4 is 17.6 Å². The summed E-state index contributed by atoms with van der Waals surface area (Å²) >= 11 is 1.83. The van der Waals surface area contributed by atoms with Crippen molar-refractivity contribution < 1.29 is 0 Å². The van der Waals surface area contributed by atoms with Gasteiger partial charge >= 0.3 is 0 Å². The first-order valence-electron chi connectivity index (χ1n) is 5.16. The van der Waals surface area contributed by atoms with Crippen molar-refractivity contribution in [3.63, 3.8) is 0 Å². The summed E-state index contributed by atoms with van der Waals surface area (Å²) in [7, 11) is 0. The van der Waals surface area contributed by atoms with Crippen LogP contribution in [0.3, 0.4) is 0 Å². The summed E-state index contributed by atoms with van der Waals surface area (Å²) in [5, 5.41) is 4.13. The standard InChI is InChI=1S/C11H14N4S/c12-11-4-8-15(14-11)7-1-9-16-10-2-5-13-6-3-10/h2-6,8H,1,7,9H2,(H2,12,14). The molecule has 2 aromatic rings. The van der Waals surface area contributed by atoms with Crippen LogP contribution in [-0.4, -0.2) is 20.5 Å². The van der Waals surface area contributed by atoms with Crippen molar-refractivity contribution in [1.82, 2.24) is 14.8 Å². The second-order valence-corrected chi connectivity index (χ2v) is 4.56. The van der Waals surface area contributed by atoms with E-state index >= 15 is 0 Å². The van der Waals surface area contributed by atoms with Gasteiger partial charge in [-0.05, 0) is 30.4 Å². The molecule has 2 aromatic heterocycles. The van der Waals surface area contributed by atoms with Crippen LogP contribution in [0, 0.1) is 0 Å². The van der Waals surface area contributed by atoms with E-state index in [9.17, 15) is 0 Å². The highest BCUT2D eigenvalue weighted by molar-refractivity contribution is 7.99. The first-order chi connectivity index (χ1) is 7.84. The van der Waals surface area contributed by atoms with E-state index in [-0.39, 0.29) is 0 Å². The van der Waals surface area contributed by atoms with Crippen LogP contribution in [0.25, 0.3) is 0 Å². The third kappa shape index (κ3) is 3.27. The molecule has 0 saturated heterocycles. The van der Waals surface area contributed by atoms with Gasteiger partial charge in [-0.15, -0.1) is 11.8 Å². The molecular formula is C11H14N4S. The van der Waals surface area contributed by atoms with Crippen molar-refractivity contribution in [2.75, 3.05) is 11.5 Å². The summed E-state index contributed by atoms with van der Waals surface area (Å²) in [6.45, 7) is 0.912. The number of pyridine rings is 1. The number of rotatable bonds is 5. The van der Waals surface area contributed by atoms with Crippen molar-refractivity contribution in [3.8, 4) is 0 Å². The van der Waals surface area contributed by atoms with E-state index in [0.29, 0.717) is 5.82 Å². The molecule has 0 aliphatic rings. The Morgan fingerprint density at radius 3 is 2.75 bits per heavy atom. The van der Waals surface area contributed by atoms with Gasteiger partial charge in [0.2, 0.25) is 0 Å². The number of nitrogens with zero attached hydrogens (tertiary/aromatic N) is 3. The largest absolute Gasteiger partial charge is 0.382 e. The minimum atomic E-state index is 0.585. The van der Waals surface area contributed by atoms with Gasteiger partial charge in [-0.1, -0.05) is 0 Å². The van der Waals surface area contributed by atoms with Crippen LogP contribution in [0.4, 0.5) is 5.82 Å². The van der Waals surface area contributed by atoms with Crippen LogP contribution in [0.5, 0.6) is 0 Å². The molecule has 2 N–H and O–H groups in total. The molecule has 0 aliphatic carbocycles. The molecule has 5 heteroatoms. The minimum absolute atomic E-state index is 0.585. The van der Waals surface area contributed by atoms with Crippen LogP contribution in [0.15, 0.2) is 41.7 Å². The second-order valence-electron chi connectivity index (χ2n) is 3.39. The topological polar surface area (TPSA) is 56.7 Å². The van der Waals surface area contributed by atoms with Crippen LogP contribution in [-0.2, 0) is 6.54 Å². The Morgan fingerprint density at radius 1 is 1.25 bits per heavy atom. The van der Waals surface area contributed by atoms with Gasteiger partial charge in [0.15, 0.2) is 0 Å². The Bertz CT molecular complexity index is 427. The Kier molecular flexibility index (Phi) is 3.82. The van der Waals surface area contributed by atoms with E-state index in [2.05, 4.69) is 10.1 Å². The zero-order valence-electron chi connectivity index (χ0n) is 8.91. The Morgan fingerprint density at radius 2 is 2.06 bits per heavy atom.